The molecule has 5 aliphatic rings. The number of phenolic OH excluding ortho intramolecular Hbond substituents is 1. The molecule has 5 fully saturated rings. The molecule has 11 heteroatoms. The van der Waals surface area contributed by atoms with Crippen molar-refractivity contribution in [3.8, 4) is 35.2 Å². The minimum atomic E-state index is -0.620. The number of benzene rings is 3. The third-order valence-corrected chi connectivity index (χ3v) is 11.5. The van der Waals surface area contributed by atoms with Crippen molar-refractivity contribution in [2.75, 3.05) is 44.2 Å². The van der Waals surface area contributed by atoms with Gasteiger partial charge in [-0.15, -0.1) is 6.42 Å². The molecular formula is C38H38F2N6O3. The van der Waals surface area contributed by atoms with E-state index >= 15 is 4.39 Å². The molecule has 3 N–H and O–H groups in total. The minimum Gasteiger partial charge on any atom is -0.508 e. The van der Waals surface area contributed by atoms with E-state index in [1.165, 1.54) is 24.3 Å². The smallest absolute Gasteiger partial charge is 0.319 e. The number of likely N-dealkylation sites (tertiary alicyclic amines) is 1. The molecular weight excluding hydrogens is 626 g/mol. The molecule has 4 saturated heterocycles. The van der Waals surface area contributed by atoms with E-state index in [4.69, 9.17) is 16.1 Å². The van der Waals surface area contributed by atoms with Crippen LogP contribution in [0.15, 0.2) is 36.4 Å². The minimum absolute atomic E-state index is 0.00431. The molecule has 252 valence electrons. The van der Waals surface area contributed by atoms with Crippen molar-refractivity contribution in [2.24, 2.45) is 5.41 Å². The summed E-state index contributed by atoms with van der Waals surface area (Å²) in [5, 5.41) is 18.9. The Morgan fingerprint density at radius 3 is 2.59 bits per heavy atom. The number of anilines is 1. The largest absolute Gasteiger partial charge is 0.508 e. The van der Waals surface area contributed by atoms with Gasteiger partial charge < -0.3 is 30.3 Å². The van der Waals surface area contributed by atoms with Gasteiger partial charge in [0.2, 0.25) is 5.91 Å². The number of carbonyl (C=O) groups is 1. The van der Waals surface area contributed by atoms with Crippen LogP contribution in [0.2, 0.25) is 0 Å². The summed E-state index contributed by atoms with van der Waals surface area (Å²) in [6.45, 7) is 4.54. The molecule has 1 aliphatic carbocycles. The van der Waals surface area contributed by atoms with Crippen LogP contribution < -0.4 is 20.3 Å². The summed E-state index contributed by atoms with van der Waals surface area (Å²) in [5.41, 5.74) is 0.384. The second-order valence-corrected chi connectivity index (χ2v) is 14.9. The van der Waals surface area contributed by atoms with Crippen LogP contribution in [-0.2, 0) is 4.79 Å². The highest BCUT2D eigenvalue weighted by Gasteiger charge is 2.49. The van der Waals surface area contributed by atoms with Crippen molar-refractivity contribution in [1.82, 2.24) is 25.5 Å². The lowest BCUT2D eigenvalue weighted by atomic mass is 9.93. The fraction of sp³-hybridized carbons (Fsp3) is 0.447. The summed E-state index contributed by atoms with van der Waals surface area (Å²) in [7, 11) is 0. The fourth-order valence-corrected chi connectivity index (χ4v) is 8.78. The van der Waals surface area contributed by atoms with Gasteiger partial charge in [-0.05, 0) is 73.7 Å². The van der Waals surface area contributed by atoms with Gasteiger partial charge in [-0.3, -0.25) is 4.79 Å². The summed E-state index contributed by atoms with van der Waals surface area (Å²) in [6, 6.07) is 9.89. The lowest BCUT2D eigenvalue weighted by molar-refractivity contribution is -0.119. The maximum Gasteiger partial charge on any atom is 0.319 e. The van der Waals surface area contributed by atoms with Gasteiger partial charge in [0.15, 0.2) is 5.82 Å². The van der Waals surface area contributed by atoms with E-state index in [1.54, 1.807) is 12.1 Å². The maximum absolute atomic E-state index is 16.9. The maximum atomic E-state index is 16.9. The zero-order valence-corrected chi connectivity index (χ0v) is 27.2. The monoisotopic (exact) mass is 664 g/mol. The van der Waals surface area contributed by atoms with Crippen LogP contribution in [0.25, 0.3) is 32.8 Å². The molecule has 1 amide bonds. The quantitative estimate of drug-likeness (QED) is 0.241. The lowest BCUT2D eigenvalue weighted by Gasteiger charge is -2.34. The van der Waals surface area contributed by atoms with Gasteiger partial charge in [0.1, 0.15) is 22.9 Å². The molecule has 1 aromatic heterocycles. The highest BCUT2D eigenvalue weighted by molar-refractivity contribution is 6.04. The van der Waals surface area contributed by atoms with Gasteiger partial charge in [0, 0.05) is 73.0 Å². The van der Waals surface area contributed by atoms with Crippen LogP contribution in [0.5, 0.6) is 11.8 Å². The predicted molar refractivity (Wildman–Crippen MR) is 182 cm³/mol. The van der Waals surface area contributed by atoms with Crippen LogP contribution in [0.3, 0.4) is 0 Å². The zero-order valence-electron chi connectivity index (χ0n) is 27.2. The van der Waals surface area contributed by atoms with Crippen molar-refractivity contribution in [3.05, 3.63) is 53.6 Å². The molecule has 9 nitrogen and oxygen atoms in total. The van der Waals surface area contributed by atoms with Gasteiger partial charge in [0.25, 0.3) is 0 Å². The summed E-state index contributed by atoms with van der Waals surface area (Å²) in [4.78, 5) is 26.2. The Morgan fingerprint density at radius 1 is 1.04 bits per heavy atom. The predicted octanol–water partition coefficient (Wildman–Crippen LogP) is 4.87. The molecule has 1 saturated carbocycles. The van der Waals surface area contributed by atoms with E-state index < -0.39 is 11.6 Å². The second kappa shape index (κ2) is 11.3. The van der Waals surface area contributed by atoms with Crippen LogP contribution in [0.1, 0.15) is 50.5 Å². The number of hydrogen-bond acceptors (Lipinski definition) is 8. The van der Waals surface area contributed by atoms with E-state index in [0.29, 0.717) is 47.1 Å². The van der Waals surface area contributed by atoms with Crippen LogP contribution >= 0.6 is 0 Å². The standard InChI is InChI=1S/C38H38F2N6O3/c1-2-26-30(39)8-3-22-15-25(47)16-29(32(22)26)27-6-7-28-34(33(27)40)42-36(43-35(28)46-17-23-4-5-24(18-46)41-23)49-21-37(11-12-37)19-45-14-13-38(20-45)10-9-31(48)44-38/h1,3,6-8,15-16,23-24,41,47H,4-5,9-14,17-21H2,(H,44,48). The number of phenols is 1. The Labute approximate surface area is 283 Å². The number of hydrogen-bond donors (Lipinski definition) is 3. The number of piperazine rings is 1. The first-order valence-corrected chi connectivity index (χ1v) is 17.3. The number of aromatic hydroxyl groups is 1. The second-order valence-electron chi connectivity index (χ2n) is 14.9. The van der Waals surface area contributed by atoms with E-state index in [9.17, 15) is 14.3 Å². The number of ether oxygens (including phenoxy) is 1. The molecule has 4 aromatic rings. The number of fused-ring (bicyclic) bond motifs is 4. The molecule has 9 rings (SSSR count). The zero-order chi connectivity index (χ0) is 33.5. The molecule has 2 bridgehead atoms. The Morgan fingerprint density at radius 2 is 1.86 bits per heavy atom. The van der Waals surface area contributed by atoms with E-state index in [2.05, 4.69) is 31.3 Å². The summed E-state index contributed by atoms with van der Waals surface area (Å²) < 4.78 is 38.2. The van der Waals surface area contributed by atoms with Crippen molar-refractivity contribution >= 4 is 33.4 Å². The number of carbonyl (C=O) groups excluding carboxylic acids is 1. The number of nitrogens with zero attached hydrogens (tertiary/aromatic N) is 4. The van der Waals surface area contributed by atoms with Crippen molar-refractivity contribution in [2.45, 2.75) is 62.6 Å². The van der Waals surface area contributed by atoms with Gasteiger partial charge in [-0.25, -0.2) is 8.78 Å². The average molecular weight is 665 g/mol. The average Bonchev–Trinajstić information content (AvgIpc) is 3.39. The Kier molecular flexibility index (Phi) is 7.01. The number of halogens is 2. The van der Waals surface area contributed by atoms with E-state index in [-0.39, 0.29) is 50.8 Å². The van der Waals surface area contributed by atoms with Crippen LogP contribution in [0.4, 0.5) is 14.6 Å². The lowest BCUT2D eigenvalue weighted by Crippen LogP contribution is -2.51. The van der Waals surface area contributed by atoms with Gasteiger partial charge >= 0.3 is 6.01 Å². The molecule has 3 unspecified atom stereocenters. The first-order valence-electron chi connectivity index (χ1n) is 17.3. The Balaban J connectivity index is 1.08. The number of nitrogens with one attached hydrogen (secondary N) is 2. The highest BCUT2D eigenvalue weighted by Crippen LogP contribution is 2.48. The van der Waals surface area contributed by atoms with Crippen molar-refractivity contribution in [1.29, 1.82) is 0 Å². The molecule has 1 spiro atoms. The number of terminal acetylenes is 1. The van der Waals surface area contributed by atoms with Crippen molar-refractivity contribution < 1.29 is 23.4 Å². The highest BCUT2D eigenvalue weighted by atomic mass is 19.1. The molecule has 3 aromatic carbocycles. The van der Waals surface area contributed by atoms with Crippen LogP contribution in [-0.4, -0.2) is 82.8 Å². The van der Waals surface area contributed by atoms with Gasteiger partial charge in [0.05, 0.1) is 17.7 Å². The number of rotatable bonds is 7. The van der Waals surface area contributed by atoms with E-state index in [1.807, 2.05) is 0 Å². The first-order chi connectivity index (χ1) is 23.7. The molecule has 4 aliphatic heterocycles. The molecule has 0 radical (unpaired) electrons. The third kappa shape index (κ3) is 5.33. The summed E-state index contributed by atoms with van der Waals surface area (Å²) in [5.74, 6) is 1.89. The number of amides is 1. The van der Waals surface area contributed by atoms with Crippen LogP contribution in [0, 0.1) is 29.4 Å². The third-order valence-electron chi connectivity index (χ3n) is 11.5. The molecule has 5 heterocycles. The number of aromatic nitrogens is 2. The Bertz CT molecular complexity index is 2070. The SMILES string of the molecule is C#Cc1c(F)ccc2cc(O)cc(-c3ccc4c(N5CC6CCC(C5)N6)nc(OCC5(CN6CCC7(CCC(=O)N7)C6)CC5)nc4c3F)c12. The van der Waals surface area contributed by atoms with Gasteiger partial charge in [-0.2, -0.15) is 9.97 Å². The molecule has 49 heavy (non-hydrogen) atoms. The Hall–Kier alpha value is -4.53. The van der Waals surface area contributed by atoms with E-state index in [0.717, 1.165) is 71.2 Å². The van der Waals surface area contributed by atoms with Crippen molar-refractivity contribution in [3.63, 3.8) is 0 Å². The topological polar surface area (TPSA) is 103 Å². The fourth-order valence-electron chi connectivity index (χ4n) is 8.78. The normalized spacial score (nSPS) is 25.7. The molecule has 3 atom stereocenters. The summed E-state index contributed by atoms with van der Waals surface area (Å²) in [6.07, 6.45) is 12.4. The summed E-state index contributed by atoms with van der Waals surface area (Å²) >= 11 is 0. The van der Waals surface area contributed by atoms with Gasteiger partial charge in [-0.1, -0.05) is 18.1 Å². The first kappa shape index (κ1) is 30.5.